The number of hydrogen-bond donors (Lipinski definition) is 2. The summed E-state index contributed by atoms with van der Waals surface area (Å²) in [6, 6.07) is 2.74. The van der Waals surface area contributed by atoms with E-state index in [2.05, 4.69) is 15.5 Å². The first-order chi connectivity index (χ1) is 11.6. The molecule has 130 valence electrons. The van der Waals surface area contributed by atoms with Crippen molar-refractivity contribution < 1.29 is 9.59 Å². The van der Waals surface area contributed by atoms with Crippen LogP contribution in [0, 0.1) is 5.92 Å². The van der Waals surface area contributed by atoms with Gasteiger partial charge in [0.1, 0.15) is 5.69 Å². The van der Waals surface area contributed by atoms with Gasteiger partial charge >= 0.3 is 0 Å². The number of likely N-dealkylation sites (tertiary alicyclic amines) is 1. The minimum atomic E-state index is -0.332. The zero-order valence-electron chi connectivity index (χ0n) is 13.8. The third-order valence-corrected chi connectivity index (χ3v) is 5.01. The van der Waals surface area contributed by atoms with Gasteiger partial charge in [-0.3, -0.25) is 14.4 Å². The van der Waals surface area contributed by atoms with E-state index in [1.54, 1.807) is 0 Å². The molecule has 3 rings (SSSR count). The molecule has 1 aliphatic carbocycles. The molecule has 2 amide bonds. The van der Waals surface area contributed by atoms with Crippen LogP contribution < -0.4 is 10.9 Å². The molecule has 0 bridgehead atoms. The molecule has 0 atom stereocenters. The van der Waals surface area contributed by atoms with E-state index in [0.29, 0.717) is 19.0 Å². The molecular formula is C17H24N4O3. The van der Waals surface area contributed by atoms with E-state index in [-0.39, 0.29) is 29.1 Å². The Balaban J connectivity index is 1.48. The second-order valence-electron chi connectivity index (χ2n) is 6.71. The van der Waals surface area contributed by atoms with Crippen LogP contribution in [0.5, 0.6) is 0 Å². The fourth-order valence-corrected chi connectivity index (χ4v) is 3.58. The van der Waals surface area contributed by atoms with Crippen LogP contribution in [0.3, 0.4) is 0 Å². The molecule has 2 aliphatic rings. The van der Waals surface area contributed by atoms with Gasteiger partial charge in [-0.1, -0.05) is 19.3 Å². The van der Waals surface area contributed by atoms with E-state index >= 15 is 0 Å². The summed E-state index contributed by atoms with van der Waals surface area (Å²) >= 11 is 0. The topological polar surface area (TPSA) is 95.2 Å². The lowest BCUT2D eigenvalue weighted by atomic mass is 9.87. The molecule has 1 saturated heterocycles. The van der Waals surface area contributed by atoms with Crippen LogP contribution in [-0.2, 0) is 4.79 Å². The first kappa shape index (κ1) is 16.7. The molecule has 0 spiro atoms. The van der Waals surface area contributed by atoms with Crippen molar-refractivity contribution >= 4 is 11.8 Å². The highest BCUT2D eigenvalue weighted by molar-refractivity contribution is 5.92. The molecule has 2 fully saturated rings. The lowest BCUT2D eigenvalue weighted by Gasteiger charge is -2.35. The van der Waals surface area contributed by atoms with E-state index in [4.69, 9.17) is 0 Å². The average molecular weight is 332 g/mol. The van der Waals surface area contributed by atoms with Gasteiger partial charge in [-0.25, -0.2) is 5.10 Å². The second-order valence-corrected chi connectivity index (χ2v) is 6.71. The maximum Gasteiger partial charge on any atom is 0.271 e. The Morgan fingerprint density at radius 1 is 1.08 bits per heavy atom. The summed E-state index contributed by atoms with van der Waals surface area (Å²) < 4.78 is 0. The fourth-order valence-electron chi connectivity index (χ4n) is 3.58. The molecule has 0 aromatic carbocycles. The van der Waals surface area contributed by atoms with Gasteiger partial charge in [0, 0.05) is 31.1 Å². The lowest BCUT2D eigenvalue weighted by Crippen LogP contribution is -2.48. The number of hydrogen-bond acceptors (Lipinski definition) is 4. The van der Waals surface area contributed by atoms with E-state index < -0.39 is 0 Å². The predicted octanol–water partition coefficient (Wildman–Crippen LogP) is 1.07. The molecule has 1 aromatic rings. The quantitative estimate of drug-likeness (QED) is 0.865. The fraction of sp³-hybridized carbons (Fsp3) is 0.647. The maximum atomic E-state index is 12.5. The highest BCUT2D eigenvalue weighted by Gasteiger charge is 2.29. The summed E-state index contributed by atoms with van der Waals surface area (Å²) in [5.74, 6) is 0.209. The molecule has 1 aliphatic heterocycles. The van der Waals surface area contributed by atoms with Crippen LogP contribution in [-0.4, -0.2) is 46.0 Å². The number of aromatic amines is 1. The molecule has 0 unspecified atom stereocenters. The van der Waals surface area contributed by atoms with Crippen LogP contribution in [0.2, 0.25) is 0 Å². The third-order valence-electron chi connectivity index (χ3n) is 5.01. The van der Waals surface area contributed by atoms with Gasteiger partial charge in [-0.05, 0) is 31.7 Å². The molecule has 7 nitrogen and oxygen atoms in total. The van der Waals surface area contributed by atoms with Gasteiger partial charge in [-0.15, -0.1) is 0 Å². The van der Waals surface area contributed by atoms with Crippen LogP contribution >= 0.6 is 0 Å². The number of rotatable bonds is 3. The van der Waals surface area contributed by atoms with Crippen molar-refractivity contribution in [1.82, 2.24) is 20.4 Å². The normalized spacial score (nSPS) is 19.9. The molecule has 0 radical (unpaired) electrons. The number of amides is 2. The smallest absolute Gasteiger partial charge is 0.271 e. The minimum absolute atomic E-state index is 0.0432. The maximum absolute atomic E-state index is 12.5. The van der Waals surface area contributed by atoms with Gasteiger partial charge in [0.2, 0.25) is 5.91 Å². The van der Waals surface area contributed by atoms with Gasteiger partial charge in [-0.2, -0.15) is 5.10 Å². The minimum Gasteiger partial charge on any atom is -0.348 e. The largest absolute Gasteiger partial charge is 0.348 e. The highest BCUT2D eigenvalue weighted by Crippen LogP contribution is 2.26. The number of piperidine rings is 1. The molecule has 1 saturated carbocycles. The van der Waals surface area contributed by atoms with E-state index in [1.807, 2.05) is 4.90 Å². The number of H-pyrrole nitrogens is 1. The summed E-state index contributed by atoms with van der Waals surface area (Å²) in [6.07, 6.45) is 7.13. The molecule has 2 N–H and O–H groups in total. The Morgan fingerprint density at radius 3 is 2.42 bits per heavy atom. The number of carbonyl (C=O) groups excluding carboxylic acids is 2. The number of aromatic nitrogens is 2. The predicted molar refractivity (Wildman–Crippen MR) is 88.5 cm³/mol. The van der Waals surface area contributed by atoms with Crippen molar-refractivity contribution in [3.05, 3.63) is 28.2 Å². The summed E-state index contributed by atoms with van der Waals surface area (Å²) in [6.45, 7) is 1.39. The molecule has 1 aromatic heterocycles. The summed E-state index contributed by atoms with van der Waals surface area (Å²) in [7, 11) is 0. The number of nitrogens with zero attached hydrogens (tertiary/aromatic N) is 2. The van der Waals surface area contributed by atoms with Crippen LogP contribution in [0.4, 0.5) is 0 Å². The van der Waals surface area contributed by atoms with Crippen LogP contribution in [0.25, 0.3) is 0 Å². The van der Waals surface area contributed by atoms with E-state index in [1.165, 1.54) is 18.6 Å². The number of carbonyl (C=O) groups is 2. The van der Waals surface area contributed by atoms with Crippen LogP contribution in [0.15, 0.2) is 16.9 Å². The summed E-state index contributed by atoms with van der Waals surface area (Å²) in [4.78, 5) is 37.6. The van der Waals surface area contributed by atoms with E-state index in [0.717, 1.165) is 38.5 Å². The van der Waals surface area contributed by atoms with Crippen molar-refractivity contribution in [3.8, 4) is 0 Å². The Labute approximate surface area is 140 Å². The standard InChI is InChI=1S/C17H24N4O3/c22-15-7-6-14(19-20-15)16(23)18-13-8-10-21(11-9-13)17(24)12-4-2-1-3-5-12/h6-7,12-13H,1-5,8-11H2,(H,18,23)(H,20,22). The molecule has 2 heterocycles. The number of nitrogens with one attached hydrogen (secondary N) is 2. The highest BCUT2D eigenvalue weighted by atomic mass is 16.2. The van der Waals surface area contributed by atoms with Crippen molar-refractivity contribution in [3.63, 3.8) is 0 Å². The Kier molecular flexibility index (Phi) is 5.27. The summed E-state index contributed by atoms with van der Waals surface area (Å²) in [5.41, 5.74) is -0.128. The SMILES string of the molecule is O=C(NC1CCN(C(=O)C2CCCCC2)CC1)c1ccc(=O)[nH]n1. The third kappa shape index (κ3) is 4.01. The molecule has 24 heavy (non-hydrogen) atoms. The second kappa shape index (κ2) is 7.59. The van der Waals surface area contributed by atoms with Gasteiger partial charge in [0.05, 0.1) is 0 Å². The molecular weight excluding hydrogens is 308 g/mol. The Bertz CT molecular complexity index is 623. The molecule has 7 heteroatoms. The van der Waals surface area contributed by atoms with E-state index in [9.17, 15) is 14.4 Å². The van der Waals surface area contributed by atoms with Gasteiger partial charge < -0.3 is 10.2 Å². The van der Waals surface area contributed by atoms with Crippen molar-refractivity contribution in [1.29, 1.82) is 0 Å². The zero-order chi connectivity index (χ0) is 16.9. The van der Waals surface area contributed by atoms with Crippen molar-refractivity contribution in [2.45, 2.75) is 51.0 Å². The first-order valence-corrected chi connectivity index (χ1v) is 8.79. The van der Waals surface area contributed by atoms with Crippen molar-refractivity contribution in [2.24, 2.45) is 5.92 Å². The average Bonchev–Trinajstić information content (AvgIpc) is 2.63. The van der Waals surface area contributed by atoms with Gasteiger partial charge in [0.15, 0.2) is 0 Å². The zero-order valence-corrected chi connectivity index (χ0v) is 13.8. The monoisotopic (exact) mass is 332 g/mol. The lowest BCUT2D eigenvalue weighted by molar-refractivity contribution is -0.137. The first-order valence-electron chi connectivity index (χ1n) is 8.79. The summed E-state index contributed by atoms with van der Waals surface area (Å²) in [5, 5.41) is 8.92. The van der Waals surface area contributed by atoms with Crippen LogP contribution in [0.1, 0.15) is 55.4 Å². The van der Waals surface area contributed by atoms with Gasteiger partial charge in [0.25, 0.3) is 11.5 Å². The Morgan fingerprint density at radius 2 is 1.79 bits per heavy atom. The van der Waals surface area contributed by atoms with Crippen molar-refractivity contribution in [2.75, 3.05) is 13.1 Å². The Hall–Kier alpha value is -2.18.